The molecule has 0 aromatic rings. The van der Waals surface area contributed by atoms with Crippen molar-refractivity contribution in [3.8, 4) is 0 Å². The molecule has 3 heteroatoms. The monoisotopic (exact) mass is 256 g/mol. The van der Waals surface area contributed by atoms with Crippen molar-refractivity contribution in [2.75, 3.05) is 19.7 Å². The molecule has 0 aliphatic heterocycles. The van der Waals surface area contributed by atoms with E-state index in [4.69, 9.17) is 5.73 Å². The van der Waals surface area contributed by atoms with E-state index in [0.29, 0.717) is 18.0 Å². The first-order chi connectivity index (χ1) is 8.67. The van der Waals surface area contributed by atoms with E-state index in [2.05, 4.69) is 25.7 Å². The lowest BCUT2D eigenvalue weighted by Crippen LogP contribution is -2.51. The standard InChI is InChI=1S/C15H32N2O/c1-4-14(5-2)17(8-9-18)15-10-12(3)6-7-13(15)11-16/h12-15,18H,4-11,16H2,1-3H3. The predicted molar refractivity (Wildman–Crippen MR) is 77.5 cm³/mol. The maximum atomic E-state index is 9.36. The Morgan fingerprint density at radius 2 is 1.94 bits per heavy atom. The van der Waals surface area contributed by atoms with Crippen LogP contribution >= 0.6 is 0 Å². The van der Waals surface area contributed by atoms with Crippen molar-refractivity contribution in [3.05, 3.63) is 0 Å². The molecule has 1 rings (SSSR count). The van der Waals surface area contributed by atoms with E-state index >= 15 is 0 Å². The van der Waals surface area contributed by atoms with Crippen LogP contribution < -0.4 is 5.73 Å². The Labute approximate surface area is 113 Å². The lowest BCUT2D eigenvalue weighted by Gasteiger charge is -2.45. The van der Waals surface area contributed by atoms with Crippen molar-refractivity contribution in [1.82, 2.24) is 4.90 Å². The minimum atomic E-state index is 0.263. The van der Waals surface area contributed by atoms with Crippen molar-refractivity contribution >= 4 is 0 Å². The Balaban J connectivity index is 2.79. The van der Waals surface area contributed by atoms with Crippen LogP contribution in [0.2, 0.25) is 0 Å². The van der Waals surface area contributed by atoms with Crippen LogP contribution in [0.15, 0.2) is 0 Å². The lowest BCUT2D eigenvalue weighted by molar-refractivity contribution is 0.0325. The van der Waals surface area contributed by atoms with Crippen molar-refractivity contribution in [2.45, 2.75) is 65.0 Å². The molecule has 0 aromatic heterocycles. The summed E-state index contributed by atoms with van der Waals surface area (Å²) >= 11 is 0. The van der Waals surface area contributed by atoms with Crippen molar-refractivity contribution in [2.24, 2.45) is 17.6 Å². The zero-order chi connectivity index (χ0) is 13.5. The van der Waals surface area contributed by atoms with Gasteiger partial charge in [-0.2, -0.15) is 0 Å². The molecule has 108 valence electrons. The van der Waals surface area contributed by atoms with E-state index in [1.165, 1.54) is 32.1 Å². The van der Waals surface area contributed by atoms with Crippen LogP contribution in [-0.2, 0) is 0 Å². The van der Waals surface area contributed by atoms with E-state index in [1.807, 2.05) is 0 Å². The summed E-state index contributed by atoms with van der Waals surface area (Å²) in [7, 11) is 0. The Morgan fingerprint density at radius 1 is 1.28 bits per heavy atom. The van der Waals surface area contributed by atoms with Crippen molar-refractivity contribution in [3.63, 3.8) is 0 Å². The SMILES string of the molecule is CCC(CC)N(CCO)C1CC(C)CCC1CN. The van der Waals surface area contributed by atoms with E-state index in [0.717, 1.165) is 19.0 Å². The molecule has 1 saturated carbocycles. The van der Waals surface area contributed by atoms with E-state index < -0.39 is 0 Å². The fraction of sp³-hybridized carbons (Fsp3) is 1.00. The highest BCUT2D eigenvalue weighted by Gasteiger charge is 2.34. The molecule has 0 saturated heterocycles. The number of hydrogen-bond acceptors (Lipinski definition) is 3. The molecule has 3 atom stereocenters. The van der Waals surface area contributed by atoms with Crippen LogP contribution in [0.4, 0.5) is 0 Å². The summed E-state index contributed by atoms with van der Waals surface area (Å²) in [6.45, 7) is 8.71. The average molecular weight is 256 g/mol. The smallest absolute Gasteiger partial charge is 0.0558 e. The maximum Gasteiger partial charge on any atom is 0.0558 e. The minimum absolute atomic E-state index is 0.263. The molecular formula is C15H32N2O. The molecular weight excluding hydrogens is 224 g/mol. The van der Waals surface area contributed by atoms with Gasteiger partial charge in [-0.25, -0.2) is 0 Å². The van der Waals surface area contributed by atoms with Gasteiger partial charge in [-0.15, -0.1) is 0 Å². The molecule has 3 unspecified atom stereocenters. The Bertz CT molecular complexity index is 211. The third-order valence-corrected chi connectivity index (χ3v) is 4.72. The molecule has 1 fully saturated rings. The molecule has 0 aromatic carbocycles. The Morgan fingerprint density at radius 3 is 2.44 bits per heavy atom. The third-order valence-electron chi connectivity index (χ3n) is 4.72. The van der Waals surface area contributed by atoms with E-state index in [9.17, 15) is 5.11 Å². The van der Waals surface area contributed by atoms with Crippen molar-refractivity contribution in [1.29, 1.82) is 0 Å². The number of aliphatic hydroxyl groups is 1. The number of rotatable bonds is 7. The van der Waals surface area contributed by atoms with Gasteiger partial charge in [0.05, 0.1) is 6.61 Å². The van der Waals surface area contributed by atoms with Gasteiger partial charge in [0, 0.05) is 18.6 Å². The predicted octanol–water partition coefficient (Wildman–Crippen LogP) is 2.23. The first kappa shape index (κ1) is 15.9. The van der Waals surface area contributed by atoms with E-state index in [1.54, 1.807) is 0 Å². The van der Waals surface area contributed by atoms with Crippen LogP contribution in [0.1, 0.15) is 52.9 Å². The first-order valence-corrected chi connectivity index (χ1v) is 7.74. The first-order valence-electron chi connectivity index (χ1n) is 7.74. The number of nitrogens with two attached hydrogens (primary N) is 1. The van der Waals surface area contributed by atoms with Gasteiger partial charge in [0.15, 0.2) is 0 Å². The molecule has 1 aliphatic carbocycles. The fourth-order valence-corrected chi connectivity index (χ4v) is 3.59. The number of nitrogens with zero attached hydrogens (tertiary/aromatic N) is 1. The van der Waals surface area contributed by atoms with Gasteiger partial charge in [-0.05, 0) is 44.1 Å². The summed E-state index contributed by atoms with van der Waals surface area (Å²) in [6.07, 6.45) is 6.15. The van der Waals surface area contributed by atoms with Gasteiger partial charge in [-0.1, -0.05) is 27.2 Å². The molecule has 18 heavy (non-hydrogen) atoms. The molecule has 0 radical (unpaired) electrons. The summed E-state index contributed by atoms with van der Waals surface area (Å²) in [5.41, 5.74) is 5.97. The zero-order valence-corrected chi connectivity index (χ0v) is 12.4. The highest BCUT2D eigenvalue weighted by molar-refractivity contribution is 4.88. The summed E-state index contributed by atoms with van der Waals surface area (Å²) in [6, 6.07) is 1.18. The third kappa shape index (κ3) is 3.94. The minimum Gasteiger partial charge on any atom is -0.395 e. The second-order valence-corrected chi connectivity index (χ2v) is 5.91. The van der Waals surface area contributed by atoms with Gasteiger partial charge >= 0.3 is 0 Å². The average Bonchev–Trinajstić information content (AvgIpc) is 2.39. The van der Waals surface area contributed by atoms with Crippen LogP contribution in [0.5, 0.6) is 0 Å². The fourth-order valence-electron chi connectivity index (χ4n) is 3.59. The molecule has 3 N–H and O–H groups in total. The normalized spacial score (nSPS) is 29.2. The zero-order valence-electron chi connectivity index (χ0n) is 12.4. The highest BCUT2D eigenvalue weighted by Crippen LogP contribution is 2.33. The number of hydrogen-bond donors (Lipinski definition) is 2. The molecule has 0 amide bonds. The van der Waals surface area contributed by atoms with Crippen LogP contribution in [-0.4, -0.2) is 41.8 Å². The summed E-state index contributed by atoms with van der Waals surface area (Å²) in [4.78, 5) is 2.55. The summed E-state index contributed by atoms with van der Waals surface area (Å²) < 4.78 is 0. The Kier molecular flexibility index (Phi) is 7.20. The maximum absolute atomic E-state index is 9.36. The van der Waals surface area contributed by atoms with Crippen molar-refractivity contribution < 1.29 is 5.11 Å². The topological polar surface area (TPSA) is 49.5 Å². The second kappa shape index (κ2) is 8.13. The lowest BCUT2D eigenvalue weighted by atomic mass is 9.77. The van der Waals surface area contributed by atoms with Gasteiger partial charge in [0.2, 0.25) is 0 Å². The van der Waals surface area contributed by atoms with Gasteiger partial charge in [-0.3, -0.25) is 4.90 Å². The molecule has 0 spiro atoms. The highest BCUT2D eigenvalue weighted by atomic mass is 16.3. The van der Waals surface area contributed by atoms with Crippen LogP contribution in [0, 0.1) is 11.8 Å². The molecule has 0 bridgehead atoms. The van der Waals surface area contributed by atoms with Gasteiger partial charge < -0.3 is 10.8 Å². The summed E-state index contributed by atoms with van der Waals surface area (Å²) in [5.74, 6) is 1.42. The van der Waals surface area contributed by atoms with Gasteiger partial charge in [0.1, 0.15) is 0 Å². The molecule has 0 heterocycles. The van der Waals surface area contributed by atoms with E-state index in [-0.39, 0.29) is 6.61 Å². The largest absolute Gasteiger partial charge is 0.395 e. The molecule has 1 aliphatic rings. The number of aliphatic hydroxyl groups excluding tert-OH is 1. The quantitative estimate of drug-likeness (QED) is 0.734. The van der Waals surface area contributed by atoms with Crippen LogP contribution in [0.3, 0.4) is 0 Å². The van der Waals surface area contributed by atoms with Crippen LogP contribution in [0.25, 0.3) is 0 Å². The second-order valence-electron chi connectivity index (χ2n) is 5.91. The Hall–Kier alpha value is -0.120. The van der Waals surface area contributed by atoms with Gasteiger partial charge in [0.25, 0.3) is 0 Å². The summed E-state index contributed by atoms with van der Waals surface area (Å²) in [5, 5.41) is 9.36. The molecule has 3 nitrogen and oxygen atoms in total.